The van der Waals surface area contributed by atoms with E-state index in [2.05, 4.69) is 40.2 Å². The number of esters is 1. The van der Waals surface area contributed by atoms with Crippen molar-refractivity contribution in [2.75, 3.05) is 19.4 Å². The molecule has 4 heteroatoms. The summed E-state index contributed by atoms with van der Waals surface area (Å²) >= 11 is 1.88. The predicted molar refractivity (Wildman–Crippen MR) is 81.8 cm³/mol. The molecule has 0 saturated heterocycles. The van der Waals surface area contributed by atoms with Crippen LogP contribution in [-0.4, -0.2) is 30.1 Å². The standard InChI is InChI=1S/C9H13NO2.C5H12S/c1-3-5-8(4-2)7-12-9(11)6-10;1-5(2,3)6-4/h3-5H,1-2,6-7,10H2;1-4H3/b8-5+;. The van der Waals surface area contributed by atoms with Crippen molar-refractivity contribution in [2.45, 2.75) is 25.5 Å². The maximum absolute atomic E-state index is 10.6. The van der Waals surface area contributed by atoms with Crippen LogP contribution in [-0.2, 0) is 9.53 Å². The van der Waals surface area contributed by atoms with Gasteiger partial charge < -0.3 is 10.5 Å². The Morgan fingerprint density at radius 3 is 2.17 bits per heavy atom. The Hall–Kier alpha value is -1.000. The van der Waals surface area contributed by atoms with Crippen LogP contribution in [0.25, 0.3) is 0 Å². The van der Waals surface area contributed by atoms with Gasteiger partial charge in [-0.05, 0) is 11.8 Å². The number of nitrogens with two attached hydrogens (primary N) is 1. The topological polar surface area (TPSA) is 52.3 Å². The van der Waals surface area contributed by atoms with E-state index in [1.54, 1.807) is 18.2 Å². The molecular weight excluding hydrogens is 246 g/mol. The van der Waals surface area contributed by atoms with Gasteiger partial charge in [0.25, 0.3) is 0 Å². The maximum atomic E-state index is 10.6. The quantitative estimate of drug-likeness (QED) is 0.617. The summed E-state index contributed by atoms with van der Waals surface area (Å²) in [5.74, 6) is -0.424. The van der Waals surface area contributed by atoms with Gasteiger partial charge in [0.15, 0.2) is 0 Å². The minimum absolute atomic E-state index is 0.0987. The molecule has 0 saturated carbocycles. The molecule has 0 aromatic heterocycles. The smallest absolute Gasteiger partial charge is 0.320 e. The molecule has 0 aromatic rings. The molecule has 0 aliphatic rings. The van der Waals surface area contributed by atoms with Crippen LogP contribution in [0, 0.1) is 0 Å². The number of hydrogen-bond donors (Lipinski definition) is 1. The molecule has 0 radical (unpaired) electrons. The number of allylic oxidation sites excluding steroid dienone is 2. The number of carbonyl (C=O) groups excluding carboxylic acids is 1. The summed E-state index contributed by atoms with van der Waals surface area (Å²) in [6.07, 6.45) is 7.05. The van der Waals surface area contributed by atoms with E-state index in [0.29, 0.717) is 4.75 Å². The van der Waals surface area contributed by atoms with Gasteiger partial charge in [-0.3, -0.25) is 4.79 Å². The molecule has 3 nitrogen and oxygen atoms in total. The van der Waals surface area contributed by atoms with Crippen LogP contribution in [0.1, 0.15) is 20.8 Å². The minimum Gasteiger partial charge on any atom is -0.460 e. The summed E-state index contributed by atoms with van der Waals surface area (Å²) in [6, 6.07) is 0. The zero-order chi connectivity index (χ0) is 14.6. The zero-order valence-corrected chi connectivity index (χ0v) is 12.7. The Morgan fingerprint density at radius 2 is 1.89 bits per heavy atom. The first-order chi connectivity index (χ1) is 8.30. The molecule has 0 aromatic carbocycles. The number of ether oxygens (including phenoxy) is 1. The van der Waals surface area contributed by atoms with Crippen LogP contribution < -0.4 is 5.73 Å². The van der Waals surface area contributed by atoms with Crippen molar-refractivity contribution in [3.63, 3.8) is 0 Å². The third-order valence-electron chi connectivity index (χ3n) is 1.77. The van der Waals surface area contributed by atoms with E-state index in [1.165, 1.54) is 0 Å². The van der Waals surface area contributed by atoms with E-state index in [4.69, 9.17) is 10.5 Å². The van der Waals surface area contributed by atoms with Gasteiger partial charge in [0.2, 0.25) is 0 Å². The second kappa shape index (κ2) is 11.1. The Morgan fingerprint density at radius 1 is 1.39 bits per heavy atom. The third-order valence-corrected chi connectivity index (χ3v) is 3.00. The largest absolute Gasteiger partial charge is 0.460 e. The lowest BCUT2D eigenvalue weighted by Crippen LogP contribution is -2.17. The highest BCUT2D eigenvalue weighted by Gasteiger charge is 2.04. The molecule has 2 N–H and O–H groups in total. The van der Waals surface area contributed by atoms with Crippen molar-refractivity contribution in [3.05, 3.63) is 37.0 Å². The lowest BCUT2D eigenvalue weighted by molar-refractivity contribution is -0.140. The van der Waals surface area contributed by atoms with Gasteiger partial charge in [0.05, 0.1) is 6.54 Å². The van der Waals surface area contributed by atoms with Gasteiger partial charge in [0.1, 0.15) is 6.61 Å². The van der Waals surface area contributed by atoms with E-state index >= 15 is 0 Å². The SMILES string of the molecule is C=C/C=C(\C=C)COC(=O)CN.CSC(C)(C)C. The molecule has 0 bridgehead atoms. The lowest BCUT2D eigenvalue weighted by Gasteiger charge is -2.12. The summed E-state index contributed by atoms with van der Waals surface area (Å²) < 4.78 is 5.20. The van der Waals surface area contributed by atoms with Gasteiger partial charge in [-0.15, -0.1) is 0 Å². The van der Waals surface area contributed by atoms with Crippen LogP contribution in [0.2, 0.25) is 0 Å². The fraction of sp³-hybridized carbons (Fsp3) is 0.500. The van der Waals surface area contributed by atoms with E-state index in [0.717, 1.165) is 5.57 Å². The van der Waals surface area contributed by atoms with Crippen LogP contribution >= 0.6 is 11.8 Å². The van der Waals surface area contributed by atoms with Crippen LogP contribution in [0.5, 0.6) is 0 Å². The summed E-state index contributed by atoms with van der Waals surface area (Å²) in [7, 11) is 0. The Labute approximate surface area is 115 Å². The van der Waals surface area contributed by atoms with Gasteiger partial charge >= 0.3 is 5.97 Å². The van der Waals surface area contributed by atoms with Crippen molar-refractivity contribution in [2.24, 2.45) is 5.73 Å². The molecule has 0 atom stereocenters. The van der Waals surface area contributed by atoms with Crippen molar-refractivity contribution in [1.29, 1.82) is 0 Å². The molecule has 0 amide bonds. The van der Waals surface area contributed by atoms with E-state index in [-0.39, 0.29) is 13.2 Å². The van der Waals surface area contributed by atoms with Crippen molar-refractivity contribution in [3.8, 4) is 0 Å². The van der Waals surface area contributed by atoms with Crippen molar-refractivity contribution < 1.29 is 9.53 Å². The number of rotatable bonds is 5. The van der Waals surface area contributed by atoms with Crippen molar-refractivity contribution in [1.82, 2.24) is 0 Å². The predicted octanol–water partition coefficient (Wildman–Crippen LogP) is 2.93. The van der Waals surface area contributed by atoms with Gasteiger partial charge in [0, 0.05) is 4.75 Å². The molecule has 0 spiro atoms. The van der Waals surface area contributed by atoms with Gasteiger partial charge in [-0.25, -0.2) is 0 Å². The van der Waals surface area contributed by atoms with Crippen LogP contribution in [0.15, 0.2) is 37.0 Å². The average Bonchev–Trinajstić information content (AvgIpc) is 2.33. The fourth-order valence-electron chi connectivity index (χ4n) is 0.549. The number of hydrogen-bond acceptors (Lipinski definition) is 4. The molecule has 0 aliphatic carbocycles. The van der Waals surface area contributed by atoms with Gasteiger partial charge in [-0.2, -0.15) is 11.8 Å². The molecule has 0 heterocycles. The maximum Gasteiger partial charge on any atom is 0.320 e. The molecule has 0 unspecified atom stereocenters. The second-order valence-corrected chi connectivity index (χ2v) is 6.00. The van der Waals surface area contributed by atoms with Crippen molar-refractivity contribution >= 4 is 17.7 Å². The van der Waals surface area contributed by atoms with E-state index < -0.39 is 5.97 Å². The first-order valence-electron chi connectivity index (χ1n) is 5.65. The monoisotopic (exact) mass is 271 g/mol. The summed E-state index contributed by atoms with van der Waals surface area (Å²) in [5, 5.41) is 0. The van der Waals surface area contributed by atoms with Gasteiger partial charge in [-0.1, -0.05) is 52.2 Å². The molecule has 0 fully saturated rings. The average molecular weight is 271 g/mol. The molecule has 0 aliphatic heterocycles. The first kappa shape index (κ1) is 19.3. The third kappa shape index (κ3) is 15.0. The fourth-order valence-corrected chi connectivity index (χ4v) is 0.549. The first-order valence-corrected chi connectivity index (χ1v) is 6.88. The Kier molecular flexibility index (Phi) is 11.9. The highest BCUT2D eigenvalue weighted by atomic mass is 32.2. The number of thioether (sulfide) groups is 1. The highest BCUT2D eigenvalue weighted by molar-refractivity contribution is 7.99. The highest BCUT2D eigenvalue weighted by Crippen LogP contribution is 2.18. The molecule has 104 valence electrons. The summed E-state index contributed by atoms with van der Waals surface area (Å²) in [5.41, 5.74) is 5.83. The molecule has 0 rings (SSSR count). The van der Waals surface area contributed by atoms with E-state index in [1.807, 2.05) is 11.8 Å². The number of carbonyl (C=O) groups is 1. The Bertz CT molecular complexity index is 291. The minimum atomic E-state index is -0.424. The normalized spacial score (nSPS) is 11.1. The van der Waals surface area contributed by atoms with Crippen LogP contribution in [0.4, 0.5) is 0 Å². The summed E-state index contributed by atoms with van der Waals surface area (Å²) in [6.45, 7) is 13.8. The molecular formula is C14H25NO2S. The molecule has 18 heavy (non-hydrogen) atoms. The Balaban J connectivity index is 0. The van der Waals surface area contributed by atoms with E-state index in [9.17, 15) is 4.79 Å². The second-order valence-electron chi connectivity index (χ2n) is 4.36. The lowest BCUT2D eigenvalue weighted by atomic mass is 10.2. The zero-order valence-electron chi connectivity index (χ0n) is 11.9. The van der Waals surface area contributed by atoms with Crippen LogP contribution in [0.3, 0.4) is 0 Å². The summed E-state index contributed by atoms with van der Waals surface area (Å²) in [4.78, 5) is 10.6.